The van der Waals surface area contributed by atoms with E-state index in [0.717, 1.165) is 13.1 Å². The molecule has 2 N–H and O–H groups in total. The van der Waals surface area contributed by atoms with Crippen LogP contribution in [-0.4, -0.2) is 11.5 Å². The smallest absolute Gasteiger partial charge is 0.0489 e. The van der Waals surface area contributed by atoms with Gasteiger partial charge < -0.3 is 10.3 Å². The summed E-state index contributed by atoms with van der Waals surface area (Å²) in [4.78, 5) is 3.49. The van der Waals surface area contributed by atoms with Gasteiger partial charge in [0.2, 0.25) is 0 Å². The van der Waals surface area contributed by atoms with E-state index in [1.807, 2.05) is 0 Å². The summed E-state index contributed by atoms with van der Waals surface area (Å²) >= 11 is 0. The number of rotatable bonds is 3. The maximum Gasteiger partial charge on any atom is 0.0489 e. The number of hydrogen-bond donors (Lipinski definition) is 2. The lowest BCUT2D eigenvalue weighted by molar-refractivity contribution is 0.727. The van der Waals surface area contributed by atoms with Crippen molar-refractivity contribution < 1.29 is 0 Å². The molecule has 0 bridgehead atoms. The first kappa shape index (κ1) is 11.2. The number of aromatic nitrogens is 1. The van der Waals surface area contributed by atoms with Crippen LogP contribution >= 0.6 is 0 Å². The molecule has 0 saturated heterocycles. The minimum Gasteiger partial charge on any atom is -0.358 e. The molecule has 2 heteroatoms. The van der Waals surface area contributed by atoms with Crippen LogP contribution in [0.4, 0.5) is 0 Å². The van der Waals surface area contributed by atoms with Gasteiger partial charge in [0.25, 0.3) is 0 Å². The highest BCUT2D eigenvalue weighted by Gasteiger charge is 2.09. The third-order valence-electron chi connectivity index (χ3n) is 3.12. The van der Waals surface area contributed by atoms with E-state index in [4.69, 9.17) is 0 Å². The van der Waals surface area contributed by atoms with Gasteiger partial charge in [0.05, 0.1) is 0 Å². The molecule has 0 unspecified atom stereocenters. The highest BCUT2D eigenvalue weighted by atomic mass is 14.9. The summed E-state index contributed by atoms with van der Waals surface area (Å²) in [5.41, 5.74) is 6.65. The van der Waals surface area contributed by atoms with Crippen LogP contribution in [0.1, 0.15) is 29.3 Å². The fourth-order valence-corrected chi connectivity index (χ4v) is 2.31. The average molecular weight is 216 g/mol. The summed E-state index contributed by atoms with van der Waals surface area (Å²) in [6.45, 7) is 10.6. The van der Waals surface area contributed by atoms with Gasteiger partial charge in [0.15, 0.2) is 0 Å². The minimum absolute atomic E-state index is 0.950. The van der Waals surface area contributed by atoms with Gasteiger partial charge in [-0.15, -0.1) is 0 Å². The van der Waals surface area contributed by atoms with Crippen LogP contribution in [0.2, 0.25) is 0 Å². The lowest BCUT2D eigenvalue weighted by Gasteiger charge is -2.03. The van der Waals surface area contributed by atoms with E-state index in [1.54, 1.807) is 0 Å². The maximum atomic E-state index is 3.49. The Morgan fingerprint density at radius 1 is 1.19 bits per heavy atom. The van der Waals surface area contributed by atoms with Crippen molar-refractivity contribution in [1.29, 1.82) is 0 Å². The van der Waals surface area contributed by atoms with Crippen molar-refractivity contribution in [3.05, 3.63) is 34.5 Å². The Hall–Kier alpha value is -1.28. The number of nitrogens with one attached hydrogen (secondary N) is 2. The van der Waals surface area contributed by atoms with Gasteiger partial charge in [-0.1, -0.05) is 18.6 Å². The second kappa shape index (κ2) is 4.30. The van der Waals surface area contributed by atoms with Crippen molar-refractivity contribution in [2.75, 3.05) is 6.54 Å². The van der Waals surface area contributed by atoms with E-state index in [0.29, 0.717) is 0 Å². The molecule has 0 radical (unpaired) electrons. The summed E-state index contributed by atoms with van der Waals surface area (Å²) in [5, 5.41) is 4.77. The van der Waals surface area contributed by atoms with Crippen LogP contribution in [-0.2, 0) is 6.54 Å². The second-order valence-electron chi connectivity index (χ2n) is 4.51. The maximum absolute atomic E-state index is 3.49. The number of benzene rings is 1. The predicted octanol–water partition coefficient (Wildman–Crippen LogP) is 3.20. The number of hydrogen-bond acceptors (Lipinski definition) is 1. The van der Waals surface area contributed by atoms with E-state index >= 15 is 0 Å². The second-order valence-corrected chi connectivity index (χ2v) is 4.51. The van der Waals surface area contributed by atoms with E-state index in [9.17, 15) is 0 Å². The van der Waals surface area contributed by atoms with E-state index in [1.165, 1.54) is 33.3 Å². The van der Waals surface area contributed by atoms with E-state index in [-0.39, 0.29) is 0 Å². The first-order valence-electron chi connectivity index (χ1n) is 5.92. The molecule has 86 valence electrons. The van der Waals surface area contributed by atoms with Crippen LogP contribution in [0, 0.1) is 20.8 Å². The molecular weight excluding hydrogens is 196 g/mol. The Labute approximate surface area is 97.1 Å². The Morgan fingerprint density at radius 3 is 2.62 bits per heavy atom. The Morgan fingerprint density at radius 2 is 1.94 bits per heavy atom. The average Bonchev–Trinajstić information content (AvgIpc) is 2.53. The molecule has 0 saturated carbocycles. The molecule has 2 aromatic rings. The zero-order valence-corrected chi connectivity index (χ0v) is 10.6. The standard InChI is InChI=1S/C14H20N2/c1-5-15-8-13-11(4)16-14-10(3)6-9(2)7-12(13)14/h6-7,15-16H,5,8H2,1-4H3. The molecule has 1 heterocycles. The van der Waals surface area contributed by atoms with Crippen LogP contribution < -0.4 is 5.32 Å². The van der Waals surface area contributed by atoms with Crippen molar-refractivity contribution in [3.63, 3.8) is 0 Å². The molecule has 2 rings (SSSR count). The SMILES string of the molecule is CCNCc1c(C)[nH]c2c(C)cc(C)cc12. The number of aromatic amines is 1. The van der Waals surface area contributed by atoms with Gasteiger partial charge in [-0.3, -0.25) is 0 Å². The third kappa shape index (κ3) is 1.85. The van der Waals surface area contributed by atoms with Crippen molar-refractivity contribution >= 4 is 10.9 Å². The lowest BCUT2D eigenvalue weighted by Crippen LogP contribution is -2.12. The van der Waals surface area contributed by atoms with Crippen LogP contribution in [0.25, 0.3) is 10.9 Å². The van der Waals surface area contributed by atoms with Gasteiger partial charge in [-0.25, -0.2) is 0 Å². The topological polar surface area (TPSA) is 27.8 Å². The zero-order valence-electron chi connectivity index (χ0n) is 10.6. The van der Waals surface area contributed by atoms with E-state index in [2.05, 4.69) is 50.1 Å². The summed E-state index contributed by atoms with van der Waals surface area (Å²) < 4.78 is 0. The van der Waals surface area contributed by atoms with Gasteiger partial charge in [-0.2, -0.15) is 0 Å². The monoisotopic (exact) mass is 216 g/mol. The predicted molar refractivity (Wildman–Crippen MR) is 69.9 cm³/mol. The molecule has 0 aliphatic heterocycles. The first-order valence-corrected chi connectivity index (χ1v) is 5.92. The Bertz CT molecular complexity index is 509. The highest BCUT2D eigenvalue weighted by Crippen LogP contribution is 2.26. The van der Waals surface area contributed by atoms with Crippen LogP contribution in [0.3, 0.4) is 0 Å². The molecular formula is C14H20N2. The fraction of sp³-hybridized carbons (Fsp3) is 0.429. The Balaban J connectivity index is 2.59. The molecule has 1 aromatic heterocycles. The van der Waals surface area contributed by atoms with Crippen molar-refractivity contribution in [2.45, 2.75) is 34.2 Å². The van der Waals surface area contributed by atoms with Crippen LogP contribution in [0.5, 0.6) is 0 Å². The van der Waals surface area contributed by atoms with Crippen molar-refractivity contribution in [1.82, 2.24) is 10.3 Å². The zero-order chi connectivity index (χ0) is 11.7. The third-order valence-corrected chi connectivity index (χ3v) is 3.12. The molecule has 0 spiro atoms. The quantitative estimate of drug-likeness (QED) is 0.810. The first-order chi connectivity index (χ1) is 7.63. The lowest BCUT2D eigenvalue weighted by atomic mass is 10.0. The summed E-state index contributed by atoms with van der Waals surface area (Å²) in [6.07, 6.45) is 0. The summed E-state index contributed by atoms with van der Waals surface area (Å²) in [5.74, 6) is 0. The van der Waals surface area contributed by atoms with Gasteiger partial charge in [0, 0.05) is 23.1 Å². The number of H-pyrrole nitrogens is 1. The summed E-state index contributed by atoms with van der Waals surface area (Å²) in [6, 6.07) is 4.51. The summed E-state index contributed by atoms with van der Waals surface area (Å²) in [7, 11) is 0. The number of fused-ring (bicyclic) bond motifs is 1. The molecule has 2 nitrogen and oxygen atoms in total. The fourth-order valence-electron chi connectivity index (χ4n) is 2.31. The van der Waals surface area contributed by atoms with E-state index < -0.39 is 0 Å². The molecule has 1 aromatic carbocycles. The van der Waals surface area contributed by atoms with Gasteiger partial charge in [-0.05, 0) is 44.5 Å². The van der Waals surface area contributed by atoms with Crippen molar-refractivity contribution in [3.8, 4) is 0 Å². The normalized spacial score (nSPS) is 11.2. The number of aryl methyl sites for hydroxylation is 3. The molecule has 0 fully saturated rings. The molecule has 0 aliphatic rings. The minimum atomic E-state index is 0.950. The van der Waals surface area contributed by atoms with Gasteiger partial charge >= 0.3 is 0 Å². The molecule has 0 atom stereocenters. The highest BCUT2D eigenvalue weighted by molar-refractivity contribution is 5.87. The molecule has 0 aliphatic carbocycles. The Kier molecular flexibility index (Phi) is 3.01. The largest absolute Gasteiger partial charge is 0.358 e. The van der Waals surface area contributed by atoms with Crippen molar-refractivity contribution in [2.24, 2.45) is 0 Å². The molecule has 0 amide bonds. The van der Waals surface area contributed by atoms with Gasteiger partial charge in [0.1, 0.15) is 0 Å². The molecule has 16 heavy (non-hydrogen) atoms. The van der Waals surface area contributed by atoms with Crippen LogP contribution in [0.15, 0.2) is 12.1 Å².